The van der Waals surface area contributed by atoms with E-state index in [-0.39, 0.29) is 22.8 Å². The van der Waals surface area contributed by atoms with Crippen molar-refractivity contribution in [3.8, 4) is 0 Å². The summed E-state index contributed by atoms with van der Waals surface area (Å²) >= 11 is 5.74. The molecule has 16 heavy (non-hydrogen) atoms. The van der Waals surface area contributed by atoms with E-state index in [0.717, 1.165) is 6.26 Å². The number of Topliss-reactive ketones (excluding diaryl/α,β-unsaturated/α-hetero) is 1. The third-order valence-corrected chi connectivity index (χ3v) is 3.37. The highest BCUT2D eigenvalue weighted by Gasteiger charge is 2.18. The molecule has 0 radical (unpaired) electrons. The first kappa shape index (κ1) is 13.2. The van der Waals surface area contributed by atoms with Crippen molar-refractivity contribution in [2.45, 2.75) is 4.90 Å². The van der Waals surface area contributed by atoms with Crippen LogP contribution in [0.15, 0.2) is 23.1 Å². The van der Waals surface area contributed by atoms with E-state index in [1.165, 1.54) is 18.2 Å². The number of carbonyl (C=O) groups is 1. The summed E-state index contributed by atoms with van der Waals surface area (Å²) in [5.74, 6) is -0.301. The summed E-state index contributed by atoms with van der Waals surface area (Å²) in [6, 6.07) is 4.17. The molecule has 88 valence electrons. The van der Waals surface area contributed by atoms with Gasteiger partial charge in [0.15, 0.2) is 15.6 Å². The Morgan fingerprint density at radius 3 is 2.56 bits per heavy atom. The van der Waals surface area contributed by atoms with Crippen LogP contribution >= 0.6 is 11.6 Å². The molecule has 0 bridgehead atoms. The first-order chi connectivity index (χ1) is 7.36. The Kier molecular flexibility index (Phi) is 4.07. The van der Waals surface area contributed by atoms with E-state index in [1.807, 2.05) is 0 Å². The third-order valence-electron chi connectivity index (χ3n) is 1.98. The molecular weight excluding hydrogens is 250 g/mol. The van der Waals surface area contributed by atoms with E-state index < -0.39 is 9.84 Å². The van der Waals surface area contributed by atoms with Gasteiger partial charge in [0.2, 0.25) is 0 Å². The van der Waals surface area contributed by atoms with Crippen LogP contribution in [0.3, 0.4) is 0 Å². The van der Waals surface area contributed by atoms with Crippen LogP contribution in [0.1, 0.15) is 10.4 Å². The maximum Gasteiger partial charge on any atom is 0.177 e. The van der Waals surface area contributed by atoms with Gasteiger partial charge < -0.3 is 5.32 Å². The molecule has 0 heterocycles. The van der Waals surface area contributed by atoms with Gasteiger partial charge in [-0.3, -0.25) is 4.79 Å². The Morgan fingerprint density at radius 1 is 1.44 bits per heavy atom. The van der Waals surface area contributed by atoms with Crippen LogP contribution in [0.2, 0.25) is 5.02 Å². The summed E-state index contributed by atoms with van der Waals surface area (Å²) in [6.45, 7) is 0.0723. The molecule has 0 aliphatic rings. The van der Waals surface area contributed by atoms with Crippen LogP contribution in [-0.2, 0) is 9.84 Å². The summed E-state index contributed by atoms with van der Waals surface area (Å²) in [5.41, 5.74) is 0.129. The van der Waals surface area contributed by atoms with Crippen LogP contribution in [0.4, 0.5) is 0 Å². The van der Waals surface area contributed by atoms with Crippen molar-refractivity contribution < 1.29 is 13.2 Å². The molecule has 1 aromatic carbocycles. The van der Waals surface area contributed by atoms with Gasteiger partial charge in [0.05, 0.1) is 11.4 Å². The van der Waals surface area contributed by atoms with Gasteiger partial charge in [0, 0.05) is 16.8 Å². The van der Waals surface area contributed by atoms with Crippen LogP contribution in [0, 0.1) is 0 Å². The number of nitrogens with one attached hydrogen (secondary N) is 1. The summed E-state index contributed by atoms with van der Waals surface area (Å²) < 4.78 is 22.9. The van der Waals surface area contributed by atoms with Crippen molar-refractivity contribution in [2.24, 2.45) is 0 Å². The van der Waals surface area contributed by atoms with Crippen LogP contribution in [-0.4, -0.2) is 34.0 Å². The Morgan fingerprint density at radius 2 is 2.06 bits per heavy atom. The lowest BCUT2D eigenvalue weighted by atomic mass is 10.1. The number of hydrogen-bond donors (Lipinski definition) is 1. The molecular formula is C10H12ClNO3S. The molecule has 0 aliphatic heterocycles. The highest BCUT2D eigenvalue weighted by atomic mass is 35.5. The van der Waals surface area contributed by atoms with E-state index in [1.54, 1.807) is 7.05 Å². The number of hydrogen-bond acceptors (Lipinski definition) is 4. The molecule has 1 rings (SSSR count). The quantitative estimate of drug-likeness (QED) is 0.826. The number of likely N-dealkylation sites (N-methyl/N-ethyl adjacent to an activating group) is 1. The second-order valence-electron chi connectivity index (χ2n) is 3.37. The SMILES string of the molecule is CNCC(=O)c1cc(Cl)ccc1S(C)(=O)=O. The van der Waals surface area contributed by atoms with Crippen LogP contribution in [0.5, 0.6) is 0 Å². The van der Waals surface area contributed by atoms with E-state index in [9.17, 15) is 13.2 Å². The van der Waals surface area contributed by atoms with E-state index in [0.29, 0.717) is 5.02 Å². The highest BCUT2D eigenvalue weighted by molar-refractivity contribution is 7.90. The number of benzene rings is 1. The fraction of sp³-hybridized carbons (Fsp3) is 0.300. The molecule has 0 saturated heterocycles. The molecule has 0 amide bonds. The minimum atomic E-state index is -3.42. The first-order valence-corrected chi connectivity index (χ1v) is 6.80. The molecule has 1 N–H and O–H groups in total. The van der Waals surface area contributed by atoms with Gasteiger partial charge in [-0.25, -0.2) is 8.42 Å². The minimum Gasteiger partial charge on any atom is -0.313 e. The van der Waals surface area contributed by atoms with Gasteiger partial charge >= 0.3 is 0 Å². The number of halogens is 1. The second-order valence-corrected chi connectivity index (χ2v) is 5.79. The molecule has 1 aromatic rings. The first-order valence-electron chi connectivity index (χ1n) is 4.53. The van der Waals surface area contributed by atoms with Gasteiger partial charge in [0.25, 0.3) is 0 Å². The molecule has 6 heteroatoms. The Hall–Kier alpha value is -0.910. The molecule has 0 atom stereocenters. The number of ketones is 1. The zero-order valence-electron chi connectivity index (χ0n) is 8.95. The predicted molar refractivity (Wildman–Crippen MR) is 62.8 cm³/mol. The van der Waals surface area contributed by atoms with Gasteiger partial charge in [0.1, 0.15) is 0 Å². The van der Waals surface area contributed by atoms with Crippen molar-refractivity contribution in [3.63, 3.8) is 0 Å². The minimum absolute atomic E-state index is 0.0113. The summed E-state index contributed by atoms with van der Waals surface area (Å²) in [4.78, 5) is 11.7. The monoisotopic (exact) mass is 261 g/mol. The van der Waals surface area contributed by atoms with Gasteiger partial charge in [-0.05, 0) is 25.2 Å². The van der Waals surface area contributed by atoms with Gasteiger partial charge in [-0.15, -0.1) is 0 Å². The van der Waals surface area contributed by atoms with Crippen LogP contribution < -0.4 is 5.32 Å². The lowest BCUT2D eigenvalue weighted by molar-refractivity contribution is 0.0990. The smallest absolute Gasteiger partial charge is 0.177 e. The van der Waals surface area contributed by atoms with E-state index in [4.69, 9.17) is 11.6 Å². The third kappa shape index (κ3) is 3.04. The average molecular weight is 262 g/mol. The van der Waals surface area contributed by atoms with Crippen molar-refractivity contribution in [1.82, 2.24) is 5.32 Å². The molecule has 0 aliphatic carbocycles. The lowest BCUT2D eigenvalue weighted by Gasteiger charge is -2.07. The lowest BCUT2D eigenvalue weighted by Crippen LogP contribution is -2.20. The van der Waals surface area contributed by atoms with Crippen molar-refractivity contribution >= 4 is 27.2 Å². The van der Waals surface area contributed by atoms with Crippen LogP contribution in [0.25, 0.3) is 0 Å². The highest BCUT2D eigenvalue weighted by Crippen LogP contribution is 2.20. The topological polar surface area (TPSA) is 63.2 Å². The molecule has 0 unspecified atom stereocenters. The molecule has 0 aromatic heterocycles. The standard InChI is InChI=1S/C10H12ClNO3S/c1-12-6-9(13)8-5-7(11)3-4-10(8)16(2,14)15/h3-5,12H,6H2,1-2H3. The van der Waals surface area contributed by atoms with Crippen molar-refractivity contribution in [1.29, 1.82) is 0 Å². The van der Waals surface area contributed by atoms with Crippen molar-refractivity contribution in [2.75, 3.05) is 19.8 Å². The summed E-state index contributed by atoms with van der Waals surface area (Å²) in [5, 5.41) is 3.02. The number of sulfone groups is 1. The average Bonchev–Trinajstić information content (AvgIpc) is 2.16. The normalized spacial score (nSPS) is 11.4. The Labute approximate surface area is 99.5 Å². The molecule has 0 saturated carbocycles. The molecule has 0 spiro atoms. The molecule has 4 nitrogen and oxygen atoms in total. The van der Waals surface area contributed by atoms with Gasteiger partial charge in [-0.2, -0.15) is 0 Å². The zero-order chi connectivity index (χ0) is 12.3. The second kappa shape index (κ2) is 4.95. The maximum atomic E-state index is 11.7. The van der Waals surface area contributed by atoms with E-state index in [2.05, 4.69) is 5.32 Å². The summed E-state index contributed by atoms with van der Waals surface area (Å²) in [6.07, 6.45) is 1.06. The maximum absolute atomic E-state index is 11.7. The number of carbonyl (C=O) groups excluding carboxylic acids is 1. The van der Waals surface area contributed by atoms with Crippen molar-refractivity contribution in [3.05, 3.63) is 28.8 Å². The fourth-order valence-corrected chi connectivity index (χ4v) is 2.36. The predicted octanol–water partition coefficient (Wildman–Crippen LogP) is 1.15. The van der Waals surface area contributed by atoms with Gasteiger partial charge in [-0.1, -0.05) is 11.6 Å². The Balaban J connectivity index is 3.35. The molecule has 0 fully saturated rings. The van der Waals surface area contributed by atoms with E-state index >= 15 is 0 Å². The Bertz CT molecular complexity index is 511. The fourth-order valence-electron chi connectivity index (χ4n) is 1.30. The zero-order valence-corrected chi connectivity index (χ0v) is 10.5. The summed E-state index contributed by atoms with van der Waals surface area (Å²) in [7, 11) is -1.81. The largest absolute Gasteiger partial charge is 0.313 e. The number of rotatable bonds is 4.